The molecule has 0 unspecified atom stereocenters. The lowest BCUT2D eigenvalue weighted by Crippen LogP contribution is -2.72. The van der Waals surface area contributed by atoms with Crippen LogP contribution in [0.25, 0.3) is 22.4 Å². The largest absolute Gasteiger partial charge is 0.433 e. The first kappa shape index (κ1) is 33.5. The molecule has 0 aliphatic carbocycles. The number of nitrogens with one attached hydrogen (secondary N) is 1. The average molecular weight is 713 g/mol. The highest BCUT2D eigenvalue weighted by Crippen LogP contribution is 2.44. The van der Waals surface area contributed by atoms with Gasteiger partial charge in [-0.2, -0.15) is 13.2 Å². The van der Waals surface area contributed by atoms with Crippen LogP contribution >= 0.6 is 23.2 Å². The molecule has 256 valence electrons. The van der Waals surface area contributed by atoms with E-state index < -0.39 is 17.8 Å². The summed E-state index contributed by atoms with van der Waals surface area (Å²) in [6.07, 6.45) is -3.89. The molecule has 0 saturated carbocycles. The Bertz CT molecular complexity index is 1980. The minimum Gasteiger partial charge on any atom is -0.341 e. The maximum atomic E-state index is 14.3. The number of imidazole rings is 1. The second-order valence-corrected chi connectivity index (χ2v) is 14.1. The summed E-state index contributed by atoms with van der Waals surface area (Å²) in [6, 6.07) is 13.1. The molecule has 0 bridgehead atoms. The van der Waals surface area contributed by atoms with Gasteiger partial charge in [0.05, 0.1) is 27.1 Å². The molecule has 0 atom stereocenters. The number of halogens is 5. The Morgan fingerprint density at radius 3 is 2.29 bits per heavy atom. The van der Waals surface area contributed by atoms with Crippen LogP contribution in [0.2, 0.25) is 10.0 Å². The molecule has 2 saturated heterocycles. The molecule has 2 amide bonds. The van der Waals surface area contributed by atoms with E-state index in [9.17, 15) is 22.8 Å². The number of anilines is 1. The van der Waals surface area contributed by atoms with Gasteiger partial charge in [-0.1, -0.05) is 59.6 Å². The molecule has 2 fully saturated rings. The first-order valence-electron chi connectivity index (χ1n) is 15.9. The average Bonchev–Trinajstić information content (AvgIpc) is 3.33. The Hall–Kier alpha value is -3.97. The zero-order valence-electron chi connectivity index (χ0n) is 27.2. The van der Waals surface area contributed by atoms with Crippen molar-refractivity contribution in [3.8, 4) is 22.4 Å². The fourth-order valence-corrected chi connectivity index (χ4v) is 7.87. The molecule has 4 aromatic rings. The van der Waals surface area contributed by atoms with E-state index in [2.05, 4.69) is 20.2 Å². The van der Waals surface area contributed by atoms with Crippen LogP contribution in [-0.4, -0.2) is 80.8 Å². The van der Waals surface area contributed by atoms with Crippen molar-refractivity contribution < 1.29 is 22.8 Å². The Labute approximate surface area is 291 Å². The molecule has 5 heterocycles. The van der Waals surface area contributed by atoms with Crippen molar-refractivity contribution >= 4 is 40.7 Å². The van der Waals surface area contributed by atoms with Gasteiger partial charge in [-0.05, 0) is 24.7 Å². The van der Waals surface area contributed by atoms with Crippen molar-refractivity contribution in [3.63, 3.8) is 0 Å². The quantitative estimate of drug-likeness (QED) is 0.250. The lowest BCUT2D eigenvalue weighted by Gasteiger charge is -2.60. The van der Waals surface area contributed by atoms with Crippen LogP contribution in [0.15, 0.2) is 48.5 Å². The lowest BCUT2D eigenvalue weighted by atomic mass is 9.72. The van der Waals surface area contributed by atoms with Crippen LogP contribution in [0.3, 0.4) is 0 Å². The van der Waals surface area contributed by atoms with Crippen LogP contribution in [-0.2, 0) is 37.5 Å². The van der Waals surface area contributed by atoms with Gasteiger partial charge in [-0.15, -0.1) is 0 Å². The Balaban J connectivity index is 1.13. The molecule has 49 heavy (non-hydrogen) atoms. The van der Waals surface area contributed by atoms with Crippen LogP contribution in [0.1, 0.15) is 40.2 Å². The maximum absolute atomic E-state index is 14.3. The highest BCUT2D eigenvalue weighted by atomic mass is 35.5. The number of carbonyl (C=O) groups is 2. The van der Waals surface area contributed by atoms with Crippen molar-refractivity contribution in [1.82, 2.24) is 29.2 Å². The molecule has 14 heteroatoms. The molecule has 2 aromatic heterocycles. The van der Waals surface area contributed by atoms with Gasteiger partial charge in [0.15, 0.2) is 5.82 Å². The number of aromatic nitrogens is 3. The van der Waals surface area contributed by atoms with Gasteiger partial charge in [0.25, 0.3) is 5.91 Å². The van der Waals surface area contributed by atoms with Crippen molar-refractivity contribution in [3.05, 3.63) is 87.0 Å². The number of benzene rings is 2. The molecule has 9 nitrogen and oxygen atoms in total. The number of carbonyl (C=O) groups excluding carboxylic acids is 2. The Kier molecular flexibility index (Phi) is 8.49. The van der Waals surface area contributed by atoms with Gasteiger partial charge in [-0.25, -0.2) is 9.97 Å². The minimum atomic E-state index is -4.68. The van der Waals surface area contributed by atoms with Crippen LogP contribution in [0.4, 0.5) is 18.9 Å². The molecule has 2 aromatic carbocycles. The number of hydrogen-bond acceptors (Lipinski definition) is 6. The van der Waals surface area contributed by atoms with Crippen molar-refractivity contribution in [2.75, 3.05) is 45.1 Å². The molecule has 0 radical (unpaired) electrons. The van der Waals surface area contributed by atoms with Gasteiger partial charge in [0, 0.05) is 94.0 Å². The van der Waals surface area contributed by atoms with E-state index in [4.69, 9.17) is 23.2 Å². The fraction of sp³-hybridized carbons (Fsp3) is 0.371. The summed E-state index contributed by atoms with van der Waals surface area (Å²) < 4.78 is 44.8. The third kappa shape index (κ3) is 6.20. The summed E-state index contributed by atoms with van der Waals surface area (Å²) >= 11 is 13.7. The first-order chi connectivity index (χ1) is 23.2. The number of hydrogen-bond donors (Lipinski definition) is 1. The maximum Gasteiger partial charge on any atom is 0.433 e. The molecule has 1 spiro atoms. The van der Waals surface area contributed by atoms with Crippen LogP contribution in [0, 0.1) is 5.41 Å². The van der Waals surface area contributed by atoms with Crippen molar-refractivity contribution in [1.29, 1.82) is 0 Å². The number of likely N-dealkylation sites (N-methyl/N-ethyl adjacent to an activating group) is 1. The summed E-state index contributed by atoms with van der Waals surface area (Å²) in [5.41, 5.74) is 2.67. The second-order valence-electron chi connectivity index (χ2n) is 13.4. The number of pyridine rings is 1. The number of likely N-dealkylation sites (tertiary alicyclic amines) is 2. The molecule has 7 rings (SSSR count). The summed E-state index contributed by atoms with van der Waals surface area (Å²) in [5.74, 6) is -0.130. The van der Waals surface area contributed by atoms with Crippen LogP contribution in [0.5, 0.6) is 0 Å². The minimum absolute atomic E-state index is 0.0134. The number of alkyl halides is 3. The summed E-state index contributed by atoms with van der Waals surface area (Å²) in [5, 5.41) is 3.26. The van der Waals surface area contributed by atoms with Gasteiger partial charge < -0.3 is 19.7 Å². The monoisotopic (exact) mass is 711 g/mol. The molecule has 3 aliphatic rings. The Morgan fingerprint density at radius 2 is 1.59 bits per heavy atom. The lowest BCUT2D eigenvalue weighted by molar-refractivity contribution is -0.158. The first-order valence-corrected chi connectivity index (χ1v) is 16.7. The smallest absolute Gasteiger partial charge is 0.341 e. The van der Waals surface area contributed by atoms with E-state index in [1.807, 2.05) is 19.0 Å². The van der Waals surface area contributed by atoms with E-state index in [-0.39, 0.29) is 45.0 Å². The van der Waals surface area contributed by atoms with Gasteiger partial charge >= 0.3 is 6.18 Å². The number of amides is 2. The molecular weight excluding hydrogens is 678 g/mol. The van der Waals surface area contributed by atoms with E-state index >= 15 is 0 Å². The SMILES string of the molecule is CC(=O)N1CC2(CN(Cc3ccc(-c4cccc(-c5cccc(NC(=O)c6nc7c(n6C)CCN(C)C7)c5Cl)c4Cl)nc3C(F)(F)F)C2)C1. The predicted octanol–water partition coefficient (Wildman–Crippen LogP) is 6.38. The topological polar surface area (TPSA) is 86.6 Å². The fourth-order valence-electron chi connectivity index (χ4n) is 7.27. The zero-order valence-corrected chi connectivity index (χ0v) is 28.7. The van der Waals surface area contributed by atoms with E-state index in [1.165, 1.54) is 13.0 Å². The third-order valence-corrected chi connectivity index (χ3v) is 10.5. The Morgan fingerprint density at radius 1 is 0.918 bits per heavy atom. The summed E-state index contributed by atoms with van der Waals surface area (Å²) in [4.78, 5) is 39.4. The van der Waals surface area contributed by atoms with Gasteiger partial charge in [0.1, 0.15) is 5.69 Å². The normalized spacial score (nSPS) is 17.4. The van der Waals surface area contributed by atoms with Gasteiger partial charge in [-0.3, -0.25) is 14.5 Å². The molecule has 3 aliphatic heterocycles. The molecular formula is C35H34Cl2F3N7O2. The predicted molar refractivity (Wildman–Crippen MR) is 181 cm³/mol. The molecule has 1 N–H and O–H groups in total. The van der Waals surface area contributed by atoms with E-state index in [0.717, 1.165) is 24.4 Å². The van der Waals surface area contributed by atoms with Crippen LogP contribution < -0.4 is 5.32 Å². The number of rotatable bonds is 6. The highest BCUT2D eigenvalue weighted by Gasteiger charge is 2.52. The van der Waals surface area contributed by atoms with E-state index in [1.54, 1.807) is 51.9 Å². The van der Waals surface area contributed by atoms with Crippen molar-refractivity contribution in [2.45, 2.75) is 32.6 Å². The van der Waals surface area contributed by atoms with Crippen molar-refractivity contribution in [2.24, 2.45) is 12.5 Å². The second kappa shape index (κ2) is 12.4. The van der Waals surface area contributed by atoms with Gasteiger partial charge in [0.2, 0.25) is 5.91 Å². The highest BCUT2D eigenvalue weighted by molar-refractivity contribution is 6.39. The summed E-state index contributed by atoms with van der Waals surface area (Å²) in [7, 11) is 3.83. The standard InChI is InChI=1S/C35H34Cl2F3N7O2/c1-20(48)47-18-34(19-47)16-46(17-34)14-21-10-11-25(41-31(21)35(38,39)40)24-8-4-6-22(29(24)36)23-7-5-9-26(30(23)37)43-33(49)32-42-27-15-44(2)13-12-28(27)45(32)3/h4-11H,12-19H2,1-3H3,(H,43,49). The number of nitrogens with zero attached hydrogens (tertiary/aromatic N) is 6. The zero-order chi connectivity index (χ0) is 34.8. The van der Waals surface area contributed by atoms with E-state index in [0.29, 0.717) is 55.1 Å². The summed E-state index contributed by atoms with van der Waals surface area (Å²) in [6.45, 7) is 5.69. The number of fused-ring (bicyclic) bond motifs is 1. The third-order valence-electron chi connectivity index (χ3n) is 9.72.